The summed E-state index contributed by atoms with van der Waals surface area (Å²) in [7, 11) is 0. The minimum Gasteiger partial charge on any atom is -0.352 e. The Morgan fingerprint density at radius 3 is 2.08 bits per heavy atom. The molecule has 76 valence electrons. The van der Waals surface area contributed by atoms with Crippen molar-refractivity contribution in [3.05, 3.63) is 0 Å². The van der Waals surface area contributed by atoms with E-state index in [1.54, 1.807) is 0 Å². The van der Waals surface area contributed by atoms with Crippen LogP contribution < -0.4 is 0 Å². The number of hydrogen-bond donors (Lipinski definition) is 0. The molecular weight excluding hydrogens is 164 g/mol. The lowest BCUT2D eigenvalue weighted by molar-refractivity contribution is -0.228. The maximum Gasteiger partial charge on any atom is 0.154 e. The molecule has 0 aromatic heterocycles. The van der Waals surface area contributed by atoms with Crippen LogP contribution in [-0.2, 0) is 9.47 Å². The van der Waals surface area contributed by atoms with Crippen LogP contribution >= 0.6 is 0 Å². The van der Waals surface area contributed by atoms with Crippen molar-refractivity contribution in [2.75, 3.05) is 13.2 Å². The van der Waals surface area contributed by atoms with Crippen molar-refractivity contribution < 1.29 is 9.47 Å². The standard InChI is InChI=1S/C11H20O2/c1-9-3-5-11(6-4-9)7-12-10(2)13-8-11/h9-10H,3-8H2,1-2H3. The van der Waals surface area contributed by atoms with E-state index in [-0.39, 0.29) is 6.29 Å². The summed E-state index contributed by atoms with van der Waals surface area (Å²) in [5.74, 6) is 0.907. The first-order valence-corrected chi connectivity index (χ1v) is 5.43. The summed E-state index contributed by atoms with van der Waals surface area (Å²) in [5.41, 5.74) is 0.374. The summed E-state index contributed by atoms with van der Waals surface area (Å²) < 4.78 is 11.2. The molecule has 1 saturated heterocycles. The van der Waals surface area contributed by atoms with Crippen molar-refractivity contribution in [3.8, 4) is 0 Å². The van der Waals surface area contributed by atoms with Crippen LogP contribution in [0.5, 0.6) is 0 Å². The Labute approximate surface area is 80.6 Å². The first-order chi connectivity index (χ1) is 6.20. The molecule has 2 rings (SSSR count). The zero-order valence-corrected chi connectivity index (χ0v) is 8.71. The van der Waals surface area contributed by atoms with Crippen LogP contribution in [0.2, 0.25) is 0 Å². The Balaban J connectivity index is 1.90. The van der Waals surface area contributed by atoms with Crippen LogP contribution in [0.4, 0.5) is 0 Å². The molecule has 1 spiro atoms. The molecule has 0 aromatic carbocycles. The molecule has 2 aliphatic rings. The second-order valence-corrected chi connectivity index (χ2v) is 4.87. The van der Waals surface area contributed by atoms with Gasteiger partial charge < -0.3 is 9.47 Å². The highest BCUT2D eigenvalue weighted by Crippen LogP contribution is 2.41. The largest absolute Gasteiger partial charge is 0.352 e. The molecule has 1 aliphatic heterocycles. The maximum absolute atomic E-state index is 5.58. The van der Waals surface area contributed by atoms with E-state index >= 15 is 0 Å². The van der Waals surface area contributed by atoms with E-state index in [1.165, 1.54) is 25.7 Å². The lowest BCUT2D eigenvalue weighted by atomic mass is 9.71. The van der Waals surface area contributed by atoms with E-state index in [4.69, 9.17) is 9.47 Å². The van der Waals surface area contributed by atoms with Gasteiger partial charge in [-0.15, -0.1) is 0 Å². The first kappa shape index (κ1) is 9.47. The SMILES string of the molecule is CC1CCC2(CC1)COC(C)OC2. The summed E-state index contributed by atoms with van der Waals surface area (Å²) >= 11 is 0. The summed E-state index contributed by atoms with van der Waals surface area (Å²) in [4.78, 5) is 0. The molecule has 0 aromatic rings. The fraction of sp³-hybridized carbons (Fsp3) is 1.00. The zero-order chi connectivity index (χ0) is 9.31. The van der Waals surface area contributed by atoms with Gasteiger partial charge >= 0.3 is 0 Å². The molecule has 2 nitrogen and oxygen atoms in total. The molecule has 0 bridgehead atoms. The van der Waals surface area contributed by atoms with Crippen LogP contribution in [0.1, 0.15) is 39.5 Å². The minimum absolute atomic E-state index is 0.0185. The molecule has 0 amide bonds. The smallest absolute Gasteiger partial charge is 0.154 e. The summed E-state index contributed by atoms with van der Waals surface area (Å²) in [6, 6.07) is 0. The van der Waals surface area contributed by atoms with Gasteiger partial charge in [0, 0.05) is 5.41 Å². The van der Waals surface area contributed by atoms with Gasteiger partial charge in [0.05, 0.1) is 13.2 Å². The quantitative estimate of drug-likeness (QED) is 0.576. The Morgan fingerprint density at radius 1 is 1.00 bits per heavy atom. The van der Waals surface area contributed by atoms with Crippen LogP contribution in [0, 0.1) is 11.3 Å². The molecule has 0 radical (unpaired) electrons. The molecule has 2 fully saturated rings. The van der Waals surface area contributed by atoms with Gasteiger partial charge in [-0.25, -0.2) is 0 Å². The van der Waals surface area contributed by atoms with Gasteiger partial charge in [-0.05, 0) is 25.7 Å². The highest BCUT2D eigenvalue weighted by molar-refractivity contribution is 4.86. The minimum atomic E-state index is 0.0185. The number of rotatable bonds is 0. The number of hydrogen-bond acceptors (Lipinski definition) is 2. The second-order valence-electron chi connectivity index (χ2n) is 4.87. The Bertz CT molecular complexity index is 139. The molecule has 13 heavy (non-hydrogen) atoms. The topological polar surface area (TPSA) is 18.5 Å². The van der Waals surface area contributed by atoms with Crippen molar-refractivity contribution >= 4 is 0 Å². The molecule has 2 heteroatoms. The molecule has 1 aliphatic carbocycles. The van der Waals surface area contributed by atoms with E-state index in [2.05, 4.69) is 6.92 Å². The Morgan fingerprint density at radius 2 is 1.54 bits per heavy atom. The monoisotopic (exact) mass is 184 g/mol. The van der Waals surface area contributed by atoms with Gasteiger partial charge in [0.2, 0.25) is 0 Å². The maximum atomic E-state index is 5.58. The zero-order valence-electron chi connectivity index (χ0n) is 8.71. The van der Waals surface area contributed by atoms with Gasteiger partial charge in [0.25, 0.3) is 0 Å². The van der Waals surface area contributed by atoms with Crippen LogP contribution in [0.25, 0.3) is 0 Å². The van der Waals surface area contributed by atoms with Crippen molar-refractivity contribution in [2.24, 2.45) is 11.3 Å². The Hall–Kier alpha value is -0.0800. The van der Waals surface area contributed by atoms with E-state index in [0.717, 1.165) is 19.1 Å². The molecule has 0 N–H and O–H groups in total. The van der Waals surface area contributed by atoms with E-state index in [1.807, 2.05) is 6.92 Å². The van der Waals surface area contributed by atoms with Gasteiger partial charge in [-0.1, -0.05) is 19.8 Å². The van der Waals surface area contributed by atoms with E-state index < -0.39 is 0 Å². The van der Waals surface area contributed by atoms with Gasteiger partial charge in [-0.2, -0.15) is 0 Å². The fourth-order valence-electron chi connectivity index (χ4n) is 2.34. The van der Waals surface area contributed by atoms with E-state index in [9.17, 15) is 0 Å². The molecular formula is C11H20O2. The molecule has 0 unspecified atom stereocenters. The van der Waals surface area contributed by atoms with Crippen molar-refractivity contribution in [1.82, 2.24) is 0 Å². The highest BCUT2D eigenvalue weighted by Gasteiger charge is 2.38. The van der Waals surface area contributed by atoms with Crippen molar-refractivity contribution in [3.63, 3.8) is 0 Å². The average molecular weight is 184 g/mol. The van der Waals surface area contributed by atoms with Crippen molar-refractivity contribution in [2.45, 2.75) is 45.8 Å². The lowest BCUT2D eigenvalue weighted by Gasteiger charge is -2.43. The average Bonchev–Trinajstić information content (AvgIpc) is 2.16. The normalized spacial score (nSPS) is 46.6. The lowest BCUT2D eigenvalue weighted by Crippen LogP contribution is -2.42. The van der Waals surface area contributed by atoms with Crippen LogP contribution in [0.15, 0.2) is 0 Å². The molecule has 1 heterocycles. The predicted molar refractivity (Wildman–Crippen MR) is 51.4 cm³/mol. The van der Waals surface area contributed by atoms with Gasteiger partial charge in [-0.3, -0.25) is 0 Å². The second kappa shape index (κ2) is 3.58. The Kier molecular flexibility index (Phi) is 2.61. The third-order valence-corrected chi connectivity index (χ3v) is 3.58. The first-order valence-electron chi connectivity index (χ1n) is 5.43. The molecule has 0 atom stereocenters. The van der Waals surface area contributed by atoms with Crippen LogP contribution in [0.3, 0.4) is 0 Å². The number of ether oxygens (including phenoxy) is 2. The summed E-state index contributed by atoms with van der Waals surface area (Å²) in [5, 5.41) is 0. The fourth-order valence-corrected chi connectivity index (χ4v) is 2.34. The van der Waals surface area contributed by atoms with Crippen molar-refractivity contribution in [1.29, 1.82) is 0 Å². The van der Waals surface area contributed by atoms with Gasteiger partial charge in [0.1, 0.15) is 0 Å². The third kappa shape index (κ3) is 2.05. The van der Waals surface area contributed by atoms with E-state index in [0.29, 0.717) is 5.41 Å². The van der Waals surface area contributed by atoms with Crippen LogP contribution in [-0.4, -0.2) is 19.5 Å². The summed E-state index contributed by atoms with van der Waals surface area (Å²) in [6.45, 7) is 6.17. The van der Waals surface area contributed by atoms with Gasteiger partial charge in [0.15, 0.2) is 6.29 Å². The summed E-state index contributed by atoms with van der Waals surface area (Å²) in [6.07, 6.45) is 5.30. The highest BCUT2D eigenvalue weighted by atomic mass is 16.7. The third-order valence-electron chi connectivity index (χ3n) is 3.58. The molecule has 1 saturated carbocycles. The predicted octanol–water partition coefficient (Wildman–Crippen LogP) is 2.58.